The zero-order valence-electron chi connectivity index (χ0n) is 38.6. The lowest BCUT2D eigenvalue weighted by Crippen LogP contribution is -2.70. The summed E-state index contributed by atoms with van der Waals surface area (Å²) in [7, 11) is 0. The summed E-state index contributed by atoms with van der Waals surface area (Å²) in [6.45, 7) is 13.4. The third-order valence-electron chi connectivity index (χ3n) is 12.2. The van der Waals surface area contributed by atoms with E-state index in [1.54, 1.807) is 17.0 Å². The molecule has 0 saturated heterocycles. The van der Waals surface area contributed by atoms with E-state index in [0.29, 0.717) is 56.2 Å². The number of allylic oxidation sites excluding steroid dienone is 1. The summed E-state index contributed by atoms with van der Waals surface area (Å²) < 4.78 is 32.2. The van der Waals surface area contributed by atoms with Crippen molar-refractivity contribution in [1.29, 1.82) is 0 Å². The molecule has 0 radical (unpaired) electrons. The lowest BCUT2D eigenvalue weighted by molar-refractivity contribution is -0.255. The van der Waals surface area contributed by atoms with Crippen LogP contribution in [0.5, 0.6) is 11.5 Å². The molecule has 352 valence electrons. The van der Waals surface area contributed by atoms with E-state index in [9.17, 15) is 19.8 Å². The molecule has 1 aliphatic heterocycles. The van der Waals surface area contributed by atoms with Gasteiger partial charge in [-0.25, -0.2) is 9.59 Å². The highest BCUT2D eigenvalue weighted by Crippen LogP contribution is 2.62. The topological polar surface area (TPSA) is 158 Å². The molecule has 2 aliphatic carbocycles. The highest BCUT2D eigenvalue weighted by Gasteiger charge is 2.65. The van der Waals surface area contributed by atoms with Gasteiger partial charge < -0.3 is 44.1 Å². The van der Waals surface area contributed by atoms with Gasteiger partial charge in [-0.1, -0.05) is 97.7 Å². The van der Waals surface area contributed by atoms with E-state index in [0.717, 1.165) is 47.9 Å². The maximum absolute atomic E-state index is 14.5. The zero-order chi connectivity index (χ0) is 46.2. The van der Waals surface area contributed by atoms with Crippen molar-refractivity contribution in [1.82, 2.24) is 10.2 Å². The Labute approximate surface area is 384 Å². The number of ether oxygens (including phenoxy) is 5. The maximum atomic E-state index is 14.5. The van der Waals surface area contributed by atoms with Crippen molar-refractivity contribution >= 4 is 17.9 Å². The van der Waals surface area contributed by atoms with Crippen LogP contribution < -0.4 is 14.8 Å². The van der Waals surface area contributed by atoms with E-state index in [1.165, 1.54) is 0 Å². The number of oxime groups is 1. The summed E-state index contributed by atoms with van der Waals surface area (Å²) in [5.74, 6) is -1.38. The number of nitrogens with zero attached hydrogens (tertiary/aromatic N) is 2. The standard InChI is InChI=1S/C52H69N3O10/c1-6-26-55(50(59)61-31-30-60-36-38-20-12-9-13-21-38)46-34-44(54-65-51(3,4)5)42-32-39(22-14-16-27-56)41(23-15-17-28-57)47-43-33-40(63-49(58)53-35-37-18-10-8-11-19-37)24-25-45(43)64-52(46,48(42)47)62-29-7-2/h7-13,18-21,24-25,32-33,39,41,46-48,56-57H,2,6,14-17,22-23,26-31,34-36H2,1,3-5H3,(H,53,58)/t39-,41+,46-,47+,48+,52+/m0/s1. The molecule has 3 aliphatic rings. The average Bonchev–Trinajstić information content (AvgIpc) is 3.30. The molecule has 3 aromatic rings. The third kappa shape index (κ3) is 12.8. The quantitative estimate of drug-likeness (QED) is 0.0476. The highest BCUT2D eigenvalue weighted by atomic mass is 16.7. The minimum absolute atomic E-state index is 0.0117. The van der Waals surface area contributed by atoms with E-state index in [1.807, 2.05) is 100 Å². The van der Waals surface area contributed by atoms with Crippen LogP contribution in [-0.4, -0.2) is 90.0 Å². The minimum Gasteiger partial charge on any atom is -0.459 e. The number of rotatable bonds is 23. The van der Waals surface area contributed by atoms with Crippen molar-refractivity contribution in [2.24, 2.45) is 22.9 Å². The molecule has 13 nitrogen and oxygen atoms in total. The number of nitrogens with one attached hydrogen (secondary N) is 1. The van der Waals surface area contributed by atoms with E-state index in [4.69, 9.17) is 33.7 Å². The highest BCUT2D eigenvalue weighted by molar-refractivity contribution is 6.03. The number of unbranched alkanes of at least 4 members (excludes halogenated alkanes) is 2. The van der Waals surface area contributed by atoms with E-state index in [2.05, 4.69) is 18.0 Å². The van der Waals surface area contributed by atoms with Gasteiger partial charge in [-0.3, -0.25) is 4.90 Å². The Bertz CT molecular complexity index is 2050. The summed E-state index contributed by atoms with van der Waals surface area (Å²) in [5, 5.41) is 27.7. The molecule has 2 amide bonds. The number of aliphatic hydroxyl groups excluding tert-OH is 2. The van der Waals surface area contributed by atoms with Crippen LogP contribution in [0.1, 0.15) is 102 Å². The minimum atomic E-state index is -1.46. The first-order valence-corrected chi connectivity index (χ1v) is 23.3. The second-order valence-corrected chi connectivity index (χ2v) is 18.1. The molecule has 0 spiro atoms. The van der Waals surface area contributed by atoms with Gasteiger partial charge in [0.2, 0.25) is 5.79 Å². The van der Waals surface area contributed by atoms with Crippen molar-refractivity contribution in [2.75, 3.05) is 39.6 Å². The molecule has 0 unspecified atom stereocenters. The largest absolute Gasteiger partial charge is 0.459 e. The molecule has 1 saturated carbocycles. The number of carbonyl (C=O) groups excluding carboxylic acids is 2. The Morgan fingerprint density at radius 2 is 1.66 bits per heavy atom. The van der Waals surface area contributed by atoms with Crippen LogP contribution in [0.15, 0.2) is 108 Å². The van der Waals surface area contributed by atoms with Gasteiger partial charge in [-0.15, -0.1) is 6.58 Å². The summed E-state index contributed by atoms with van der Waals surface area (Å²) in [6.07, 6.45) is 8.11. The normalized spacial score (nSPS) is 22.7. The fourth-order valence-corrected chi connectivity index (χ4v) is 9.47. The van der Waals surface area contributed by atoms with Crippen LogP contribution in [-0.2, 0) is 32.2 Å². The lowest BCUT2D eigenvalue weighted by Gasteiger charge is -2.60. The van der Waals surface area contributed by atoms with Crippen LogP contribution in [0.2, 0.25) is 0 Å². The second-order valence-electron chi connectivity index (χ2n) is 18.1. The van der Waals surface area contributed by atoms with Crippen molar-refractivity contribution < 1.29 is 48.3 Å². The number of aliphatic hydroxyl groups is 2. The number of amides is 2. The predicted molar refractivity (Wildman–Crippen MR) is 250 cm³/mol. The second kappa shape index (κ2) is 23.8. The van der Waals surface area contributed by atoms with Crippen molar-refractivity contribution in [3.05, 3.63) is 120 Å². The fourth-order valence-electron chi connectivity index (χ4n) is 9.47. The van der Waals surface area contributed by atoms with Gasteiger partial charge in [0, 0.05) is 44.2 Å². The number of hydrogen-bond acceptors (Lipinski definition) is 11. The molecule has 3 N–H and O–H groups in total. The van der Waals surface area contributed by atoms with Gasteiger partial charge in [0.25, 0.3) is 0 Å². The molecule has 13 heteroatoms. The molecule has 0 bridgehead atoms. The SMILES string of the molecule is C=CCO[C@@]12Oc3ccc(OC(=O)NCc4ccccc4)cc3[C@H]3[C@H](CCCCO)[C@@H](CCCCO)C=C(C(=NOC(C)(C)C)C[C@@H]1N(CCC)C(=O)OCCOCc1ccccc1)[C@H]32. The molecule has 65 heavy (non-hydrogen) atoms. The summed E-state index contributed by atoms with van der Waals surface area (Å²) in [4.78, 5) is 35.8. The number of fused-ring (bicyclic) bond motifs is 2. The van der Waals surface area contributed by atoms with Crippen molar-refractivity contribution in [2.45, 2.75) is 116 Å². The Morgan fingerprint density at radius 1 is 0.954 bits per heavy atom. The smallest absolute Gasteiger partial charge is 0.412 e. The Balaban J connectivity index is 1.45. The van der Waals surface area contributed by atoms with Gasteiger partial charge >= 0.3 is 12.2 Å². The first-order valence-electron chi connectivity index (χ1n) is 23.3. The van der Waals surface area contributed by atoms with Crippen LogP contribution in [0, 0.1) is 17.8 Å². The van der Waals surface area contributed by atoms with Crippen LogP contribution in [0.25, 0.3) is 0 Å². The Hall–Kier alpha value is -5.21. The van der Waals surface area contributed by atoms with Gasteiger partial charge in [-0.2, -0.15) is 0 Å². The summed E-state index contributed by atoms with van der Waals surface area (Å²) >= 11 is 0. The first-order chi connectivity index (χ1) is 31.5. The Morgan fingerprint density at radius 3 is 2.34 bits per heavy atom. The van der Waals surface area contributed by atoms with Gasteiger partial charge in [0.15, 0.2) is 0 Å². The van der Waals surface area contributed by atoms with E-state index < -0.39 is 35.5 Å². The number of carbonyl (C=O) groups is 2. The lowest BCUT2D eigenvalue weighted by atomic mass is 9.55. The monoisotopic (exact) mass is 895 g/mol. The average molecular weight is 896 g/mol. The van der Waals surface area contributed by atoms with Gasteiger partial charge in [-0.05, 0) is 99.6 Å². The third-order valence-corrected chi connectivity index (χ3v) is 12.2. The van der Waals surface area contributed by atoms with E-state index in [-0.39, 0.29) is 57.2 Å². The van der Waals surface area contributed by atoms with Crippen LogP contribution >= 0.6 is 0 Å². The van der Waals surface area contributed by atoms with Crippen LogP contribution in [0.3, 0.4) is 0 Å². The summed E-state index contributed by atoms with van der Waals surface area (Å²) in [5.41, 5.74) is 3.77. The fraction of sp³-hybridized carbons (Fsp3) is 0.519. The van der Waals surface area contributed by atoms with Crippen molar-refractivity contribution in [3.8, 4) is 11.5 Å². The Kier molecular flexibility index (Phi) is 18.0. The molecule has 1 fully saturated rings. The number of benzene rings is 3. The molecule has 3 aromatic carbocycles. The summed E-state index contributed by atoms with van der Waals surface area (Å²) in [6, 6.07) is 24.2. The zero-order valence-corrected chi connectivity index (χ0v) is 38.6. The molecular formula is C52H69N3O10. The van der Waals surface area contributed by atoms with Crippen LogP contribution in [0.4, 0.5) is 9.59 Å². The number of hydrogen-bond donors (Lipinski definition) is 3. The predicted octanol–water partition coefficient (Wildman–Crippen LogP) is 9.47. The molecule has 6 atom stereocenters. The van der Waals surface area contributed by atoms with Gasteiger partial charge in [0.05, 0.1) is 31.5 Å². The van der Waals surface area contributed by atoms with E-state index >= 15 is 0 Å². The molecule has 0 aromatic heterocycles. The molecule has 6 rings (SSSR count). The van der Waals surface area contributed by atoms with Crippen molar-refractivity contribution in [3.63, 3.8) is 0 Å². The maximum Gasteiger partial charge on any atom is 0.412 e. The molecule has 1 heterocycles. The molecular weight excluding hydrogens is 827 g/mol. The first kappa shape index (κ1) is 49.2. The van der Waals surface area contributed by atoms with Gasteiger partial charge in [0.1, 0.15) is 29.7 Å².